The van der Waals surface area contributed by atoms with E-state index in [2.05, 4.69) is 11.1 Å². The van der Waals surface area contributed by atoms with Crippen LogP contribution >= 0.6 is 0 Å². The first-order valence-electron chi connectivity index (χ1n) is 7.34. The Kier molecular flexibility index (Phi) is 3.64. The van der Waals surface area contributed by atoms with Crippen molar-refractivity contribution in [1.82, 2.24) is 4.98 Å². The normalized spacial score (nSPS) is 19.3. The summed E-state index contributed by atoms with van der Waals surface area (Å²) in [5, 5.41) is 9.91. The number of aryl methyl sites for hydroxylation is 1. The molecule has 0 bridgehead atoms. The van der Waals surface area contributed by atoms with Gasteiger partial charge in [0, 0.05) is 11.6 Å². The summed E-state index contributed by atoms with van der Waals surface area (Å²) in [4.78, 5) is 15.9. The third-order valence-corrected chi connectivity index (χ3v) is 4.16. The zero-order valence-electron chi connectivity index (χ0n) is 12.4. The fraction of sp³-hybridized carbons (Fsp3) is 0.278. The van der Waals surface area contributed by atoms with Gasteiger partial charge in [0.25, 0.3) is 0 Å². The molecular weight excluding hydrogens is 276 g/mol. The molecule has 0 aliphatic heterocycles. The molecule has 0 saturated heterocycles. The molecule has 0 spiro atoms. The van der Waals surface area contributed by atoms with E-state index in [1.54, 1.807) is 12.1 Å². The van der Waals surface area contributed by atoms with Crippen molar-refractivity contribution < 1.29 is 9.53 Å². The number of ether oxygens (including phenoxy) is 1. The van der Waals surface area contributed by atoms with Crippen LogP contribution in [0.25, 0.3) is 0 Å². The number of aldehydes is 1. The van der Waals surface area contributed by atoms with Crippen molar-refractivity contribution in [3.8, 4) is 11.9 Å². The summed E-state index contributed by atoms with van der Waals surface area (Å²) in [6.07, 6.45) is 2.20. The standard InChI is InChI=1S/C18H16N2O2/c1-2-22-16-8-7-14(11-21)17(20-16)18(12-19)10-9-13-5-3-4-6-15(13)18/h3-8,11H,2,9-10H2,1H3. The number of aromatic nitrogens is 1. The molecule has 22 heavy (non-hydrogen) atoms. The first-order valence-corrected chi connectivity index (χ1v) is 7.34. The van der Waals surface area contributed by atoms with E-state index in [9.17, 15) is 10.1 Å². The summed E-state index contributed by atoms with van der Waals surface area (Å²) in [5.74, 6) is 0.446. The Labute approximate surface area is 129 Å². The Bertz CT molecular complexity index is 764. The topological polar surface area (TPSA) is 63.0 Å². The van der Waals surface area contributed by atoms with Crippen LogP contribution < -0.4 is 4.74 Å². The average molecular weight is 292 g/mol. The minimum Gasteiger partial charge on any atom is -0.478 e. The van der Waals surface area contributed by atoms with Crippen molar-refractivity contribution in [2.75, 3.05) is 6.61 Å². The third kappa shape index (κ3) is 2.06. The molecule has 0 saturated carbocycles. The highest BCUT2D eigenvalue weighted by molar-refractivity contribution is 5.79. The molecule has 0 amide bonds. The Morgan fingerprint density at radius 2 is 2.18 bits per heavy atom. The molecule has 0 fully saturated rings. The van der Waals surface area contributed by atoms with E-state index >= 15 is 0 Å². The van der Waals surface area contributed by atoms with Gasteiger partial charge in [-0.3, -0.25) is 4.79 Å². The first kappa shape index (κ1) is 14.3. The Balaban J connectivity index is 2.22. The van der Waals surface area contributed by atoms with Gasteiger partial charge in [-0.2, -0.15) is 5.26 Å². The smallest absolute Gasteiger partial charge is 0.213 e. The molecule has 1 aromatic carbocycles. The van der Waals surface area contributed by atoms with Crippen LogP contribution in [-0.4, -0.2) is 17.9 Å². The van der Waals surface area contributed by atoms with Crippen LogP contribution in [0.15, 0.2) is 36.4 Å². The average Bonchev–Trinajstić information content (AvgIpc) is 2.95. The molecule has 1 atom stereocenters. The van der Waals surface area contributed by atoms with E-state index < -0.39 is 5.41 Å². The summed E-state index contributed by atoms with van der Waals surface area (Å²) < 4.78 is 5.45. The summed E-state index contributed by atoms with van der Waals surface area (Å²) in [7, 11) is 0. The van der Waals surface area contributed by atoms with Crippen LogP contribution in [0, 0.1) is 11.3 Å². The van der Waals surface area contributed by atoms with Crippen LogP contribution in [0.3, 0.4) is 0 Å². The van der Waals surface area contributed by atoms with Gasteiger partial charge in [0.15, 0.2) is 6.29 Å². The second kappa shape index (κ2) is 5.61. The highest BCUT2D eigenvalue weighted by Crippen LogP contribution is 2.44. The maximum Gasteiger partial charge on any atom is 0.213 e. The Hall–Kier alpha value is -2.67. The van der Waals surface area contributed by atoms with Gasteiger partial charge in [-0.25, -0.2) is 4.98 Å². The second-order valence-electron chi connectivity index (χ2n) is 5.31. The SMILES string of the molecule is CCOc1ccc(C=O)c(C2(C#N)CCc3ccccc32)n1. The molecule has 1 aromatic heterocycles. The molecule has 0 N–H and O–H groups in total. The van der Waals surface area contributed by atoms with E-state index in [1.807, 2.05) is 31.2 Å². The summed E-state index contributed by atoms with van der Waals surface area (Å²) in [6, 6.07) is 13.6. The number of hydrogen-bond acceptors (Lipinski definition) is 4. The van der Waals surface area contributed by atoms with Crippen molar-refractivity contribution in [1.29, 1.82) is 5.26 Å². The monoisotopic (exact) mass is 292 g/mol. The molecule has 1 aliphatic carbocycles. The largest absolute Gasteiger partial charge is 0.478 e. The lowest BCUT2D eigenvalue weighted by Gasteiger charge is -2.23. The minimum atomic E-state index is -0.875. The van der Waals surface area contributed by atoms with Crippen LogP contribution in [0.2, 0.25) is 0 Å². The quantitative estimate of drug-likeness (QED) is 0.812. The lowest BCUT2D eigenvalue weighted by Crippen LogP contribution is -2.26. The molecule has 1 unspecified atom stereocenters. The van der Waals surface area contributed by atoms with Gasteiger partial charge in [-0.05, 0) is 37.0 Å². The third-order valence-electron chi connectivity index (χ3n) is 4.16. The molecule has 1 heterocycles. The second-order valence-corrected chi connectivity index (χ2v) is 5.31. The molecule has 1 aliphatic rings. The van der Waals surface area contributed by atoms with Crippen molar-refractivity contribution >= 4 is 6.29 Å². The fourth-order valence-corrected chi connectivity index (χ4v) is 3.14. The van der Waals surface area contributed by atoms with Gasteiger partial charge in [-0.15, -0.1) is 0 Å². The number of nitriles is 1. The molecule has 4 nitrogen and oxygen atoms in total. The van der Waals surface area contributed by atoms with E-state index in [4.69, 9.17) is 4.74 Å². The predicted octanol–water partition coefficient (Wildman–Crippen LogP) is 3.05. The molecule has 3 rings (SSSR count). The number of pyridine rings is 1. The maximum absolute atomic E-state index is 11.4. The Morgan fingerprint density at radius 1 is 1.36 bits per heavy atom. The van der Waals surface area contributed by atoms with Crippen molar-refractivity contribution in [2.45, 2.75) is 25.2 Å². The lowest BCUT2D eigenvalue weighted by molar-refractivity contribution is 0.112. The maximum atomic E-state index is 11.4. The van der Waals surface area contributed by atoms with Crippen LogP contribution in [0.1, 0.15) is 40.5 Å². The van der Waals surface area contributed by atoms with Gasteiger partial charge in [0.05, 0.1) is 18.4 Å². The van der Waals surface area contributed by atoms with Crippen LogP contribution in [0.5, 0.6) is 5.88 Å². The molecule has 4 heteroatoms. The molecule has 0 radical (unpaired) electrons. The zero-order chi connectivity index (χ0) is 15.6. The van der Waals surface area contributed by atoms with Crippen molar-refractivity contribution in [3.05, 3.63) is 58.8 Å². The Morgan fingerprint density at radius 3 is 2.91 bits per heavy atom. The van der Waals surface area contributed by atoms with Crippen molar-refractivity contribution in [3.63, 3.8) is 0 Å². The van der Waals surface area contributed by atoms with E-state index in [1.165, 1.54) is 0 Å². The van der Waals surface area contributed by atoms with E-state index in [0.717, 1.165) is 23.8 Å². The number of carbonyl (C=O) groups excluding carboxylic acids is 1. The number of hydrogen-bond donors (Lipinski definition) is 0. The molecule has 2 aromatic rings. The highest BCUT2D eigenvalue weighted by Gasteiger charge is 2.43. The zero-order valence-corrected chi connectivity index (χ0v) is 12.4. The fourth-order valence-electron chi connectivity index (χ4n) is 3.14. The molecular formula is C18H16N2O2. The van der Waals surface area contributed by atoms with E-state index in [-0.39, 0.29) is 0 Å². The first-order chi connectivity index (χ1) is 10.7. The minimum absolute atomic E-state index is 0.446. The number of fused-ring (bicyclic) bond motifs is 1. The summed E-state index contributed by atoms with van der Waals surface area (Å²) in [5.41, 5.74) is 2.16. The number of nitrogens with zero attached hydrogens (tertiary/aromatic N) is 2. The summed E-state index contributed by atoms with van der Waals surface area (Å²) in [6.45, 7) is 2.36. The van der Waals surface area contributed by atoms with Gasteiger partial charge in [-0.1, -0.05) is 24.3 Å². The van der Waals surface area contributed by atoms with Gasteiger partial charge < -0.3 is 4.74 Å². The van der Waals surface area contributed by atoms with Crippen molar-refractivity contribution in [2.24, 2.45) is 0 Å². The van der Waals surface area contributed by atoms with Crippen LogP contribution in [-0.2, 0) is 11.8 Å². The van der Waals surface area contributed by atoms with Gasteiger partial charge in [0.2, 0.25) is 5.88 Å². The number of rotatable bonds is 4. The number of carbonyl (C=O) groups is 1. The lowest BCUT2D eigenvalue weighted by atomic mass is 9.78. The van der Waals surface area contributed by atoms with Crippen LogP contribution in [0.4, 0.5) is 0 Å². The number of benzene rings is 1. The highest BCUT2D eigenvalue weighted by atomic mass is 16.5. The van der Waals surface area contributed by atoms with E-state index in [0.29, 0.717) is 30.2 Å². The predicted molar refractivity (Wildman–Crippen MR) is 81.9 cm³/mol. The molecule has 110 valence electrons. The van der Waals surface area contributed by atoms with Gasteiger partial charge in [0.1, 0.15) is 5.41 Å². The van der Waals surface area contributed by atoms with Gasteiger partial charge >= 0.3 is 0 Å². The summed E-state index contributed by atoms with van der Waals surface area (Å²) >= 11 is 0.